The predicted octanol–water partition coefficient (Wildman–Crippen LogP) is 4.25. The first-order chi connectivity index (χ1) is 16.3. The molecule has 1 aliphatic rings. The van der Waals surface area contributed by atoms with E-state index in [2.05, 4.69) is 41.3 Å². The summed E-state index contributed by atoms with van der Waals surface area (Å²) in [7, 11) is 2.72. The van der Waals surface area contributed by atoms with Crippen molar-refractivity contribution in [1.82, 2.24) is 14.9 Å². The third-order valence-corrected chi connectivity index (χ3v) is 7.33. The van der Waals surface area contributed by atoms with Crippen molar-refractivity contribution < 1.29 is 8.95 Å². The number of aromatic nitrogens is 2. The molecule has 2 aromatic heterocycles. The number of piperidine rings is 1. The van der Waals surface area contributed by atoms with Crippen LogP contribution in [0.1, 0.15) is 26.7 Å². The first kappa shape index (κ1) is 24.6. The largest absolute Gasteiger partial charge is 0.489 e. The van der Waals surface area contributed by atoms with Crippen molar-refractivity contribution >= 4 is 39.0 Å². The Kier molecular flexibility index (Phi) is 7.82. The average Bonchev–Trinajstić information content (AvgIpc) is 3.28. The average molecular weight is 501 g/mol. The lowest BCUT2D eigenvalue weighted by atomic mass is 10.0. The highest BCUT2D eigenvalue weighted by atomic mass is 32.2. The Bertz CT molecular complexity index is 1120. The number of thiazole rings is 1. The summed E-state index contributed by atoms with van der Waals surface area (Å²) in [5, 5.41) is 11.6. The van der Waals surface area contributed by atoms with Crippen molar-refractivity contribution in [1.29, 1.82) is 0 Å². The number of hydrogen-bond donors (Lipinski definition) is 2. The van der Waals surface area contributed by atoms with Crippen LogP contribution in [0.3, 0.4) is 0 Å². The number of hydrogen-bond acceptors (Lipinski definition) is 8. The standard InChI is InChI=1S/C24H32N6O2S2/c1-16(2)32-22-7-6-19(34(25)31)13-20(22)27-24-28-21(15-33-24)17-5-8-23(26-14-17)30-11-9-18(10-12-30)29(3)4/h5-8,13-16,18H,9-12,25H2,1-4H3,(H,27,28). The quantitative estimate of drug-likeness (QED) is 0.477. The second-order valence-corrected chi connectivity index (χ2v) is 10.8. The van der Waals surface area contributed by atoms with Crippen molar-refractivity contribution in [2.45, 2.75) is 43.7 Å². The number of benzene rings is 1. The lowest BCUT2D eigenvalue weighted by Crippen LogP contribution is -2.42. The molecule has 1 unspecified atom stereocenters. The highest BCUT2D eigenvalue weighted by Crippen LogP contribution is 2.33. The lowest BCUT2D eigenvalue weighted by Gasteiger charge is -2.35. The van der Waals surface area contributed by atoms with Crippen molar-refractivity contribution in [2.24, 2.45) is 5.14 Å². The molecule has 34 heavy (non-hydrogen) atoms. The maximum atomic E-state index is 11.8. The Balaban J connectivity index is 1.47. The van der Waals surface area contributed by atoms with Gasteiger partial charge in [-0.05, 0) is 71.1 Å². The summed E-state index contributed by atoms with van der Waals surface area (Å²) in [6.45, 7) is 5.96. The van der Waals surface area contributed by atoms with E-state index in [1.807, 2.05) is 25.4 Å². The van der Waals surface area contributed by atoms with Crippen molar-refractivity contribution in [3.8, 4) is 17.0 Å². The van der Waals surface area contributed by atoms with Crippen LogP contribution in [0.2, 0.25) is 0 Å². The molecule has 3 aromatic rings. The van der Waals surface area contributed by atoms with E-state index in [9.17, 15) is 4.21 Å². The molecule has 1 aromatic carbocycles. The van der Waals surface area contributed by atoms with Gasteiger partial charge in [0.05, 0.1) is 22.4 Å². The zero-order valence-corrected chi connectivity index (χ0v) is 21.7. The van der Waals surface area contributed by atoms with Gasteiger partial charge >= 0.3 is 0 Å². The van der Waals surface area contributed by atoms with E-state index >= 15 is 0 Å². The molecule has 182 valence electrons. The molecular weight excluding hydrogens is 468 g/mol. The SMILES string of the molecule is CC(C)Oc1ccc(S(N)=O)cc1Nc1nc(-c2ccc(N3CCC(N(C)C)CC3)nc2)cs1. The Morgan fingerprint density at radius 3 is 2.62 bits per heavy atom. The minimum Gasteiger partial charge on any atom is -0.489 e. The molecule has 0 spiro atoms. The Labute approximate surface area is 207 Å². The molecule has 8 nitrogen and oxygen atoms in total. The van der Waals surface area contributed by atoms with Gasteiger partial charge in [0.25, 0.3) is 0 Å². The Morgan fingerprint density at radius 1 is 1.24 bits per heavy atom. The van der Waals surface area contributed by atoms with E-state index in [4.69, 9.17) is 19.8 Å². The van der Waals surface area contributed by atoms with Crippen molar-refractivity contribution in [3.05, 3.63) is 41.9 Å². The van der Waals surface area contributed by atoms with Crippen molar-refractivity contribution in [2.75, 3.05) is 37.4 Å². The van der Waals surface area contributed by atoms with Crippen LogP contribution in [0.15, 0.2) is 46.8 Å². The van der Waals surface area contributed by atoms with E-state index in [0.29, 0.717) is 27.5 Å². The number of nitrogens with zero attached hydrogens (tertiary/aromatic N) is 4. The summed E-state index contributed by atoms with van der Waals surface area (Å²) in [5.74, 6) is 1.67. The zero-order valence-electron chi connectivity index (χ0n) is 20.0. The van der Waals surface area contributed by atoms with Crippen LogP contribution in [0.4, 0.5) is 16.6 Å². The van der Waals surface area contributed by atoms with Crippen LogP contribution < -0.4 is 20.1 Å². The Morgan fingerprint density at radius 2 is 2.00 bits per heavy atom. The maximum absolute atomic E-state index is 11.8. The second kappa shape index (κ2) is 10.8. The van der Waals surface area contributed by atoms with Crippen molar-refractivity contribution in [3.63, 3.8) is 0 Å². The monoisotopic (exact) mass is 500 g/mol. The second-order valence-electron chi connectivity index (χ2n) is 8.87. The fraction of sp³-hybridized carbons (Fsp3) is 0.417. The number of nitrogens with one attached hydrogen (secondary N) is 1. The molecule has 4 rings (SSSR count). The van der Waals surface area contributed by atoms with Gasteiger partial charge in [-0.2, -0.15) is 0 Å². The summed E-state index contributed by atoms with van der Waals surface area (Å²) < 4.78 is 17.6. The summed E-state index contributed by atoms with van der Waals surface area (Å²) >= 11 is 1.49. The molecule has 0 saturated carbocycles. The van der Waals surface area contributed by atoms with Crippen LogP contribution >= 0.6 is 11.3 Å². The fourth-order valence-electron chi connectivity index (χ4n) is 4.00. The third kappa shape index (κ3) is 5.93. The van der Waals surface area contributed by atoms with E-state index in [1.165, 1.54) is 11.3 Å². The van der Waals surface area contributed by atoms with Gasteiger partial charge in [0.15, 0.2) is 5.13 Å². The number of pyridine rings is 1. The van der Waals surface area contributed by atoms with Gasteiger partial charge < -0.3 is 19.9 Å². The molecule has 1 fully saturated rings. The molecule has 0 amide bonds. The van der Waals surface area contributed by atoms with Gasteiger partial charge in [-0.3, -0.25) is 0 Å². The number of anilines is 3. The van der Waals surface area contributed by atoms with Crippen LogP contribution in [0.5, 0.6) is 5.75 Å². The number of nitrogens with two attached hydrogens (primary N) is 1. The van der Waals surface area contributed by atoms with Gasteiger partial charge in [0.2, 0.25) is 0 Å². The Hall–Kier alpha value is -2.53. The highest BCUT2D eigenvalue weighted by molar-refractivity contribution is 7.82. The predicted molar refractivity (Wildman–Crippen MR) is 140 cm³/mol. The molecule has 10 heteroatoms. The van der Waals surface area contributed by atoms with E-state index in [1.54, 1.807) is 18.2 Å². The van der Waals surface area contributed by atoms with Gasteiger partial charge in [0, 0.05) is 36.3 Å². The van der Waals surface area contributed by atoms with Gasteiger partial charge in [-0.1, -0.05) is 0 Å². The van der Waals surface area contributed by atoms with Crippen LogP contribution in [0, 0.1) is 0 Å². The fourth-order valence-corrected chi connectivity index (χ4v) is 5.17. The minimum absolute atomic E-state index is 0.000102. The van der Waals surface area contributed by atoms with Crippen LogP contribution in [-0.4, -0.2) is 58.4 Å². The molecule has 0 bridgehead atoms. The lowest BCUT2D eigenvalue weighted by molar-refractivity contribution is 0.243. The third-order valence-electron chi connectivity index (χ3n) is 5.85. The zero-order chi connectivity index (χ0) is 24.2. The topological polar surface area (TPSA) is 96.6 Å². The van der Waals surface area contributed by atoms with E-state index in [-0.39, 0.29) is 6.10 Å². The molecule has 1 atom stereocenters. The van der Waals surface area contributed by atoms with Gasteiger partial charge in [-0.25, -0.2) is 19.3 Å². The molecule has 0 aliphatic carbocycles. The molecular formula is C24H32N6O2S2. The van der Waals surface area contributed by atoms with Crippen LogP contribution in [0.25, 0.3) is 11.3 Å². The highest BCUT2D eigenvalue weighted by Gasteiger charge is 2.21. The summed E-state index contributed by atoms with van der Waals surface area (Å²) in [5.41, 5.74) is 2.50. The van der Waals surface area contributed by atoms with Crippen LogP contribution in [-0.2, 0) is 11.0 Å². The molecule has 3 heterocycles. The molecule has 3 N–H and O–H groups in total. The summed E-state index contributed by atoms with van der Waals surface area (Å²) in [4.78, 5) is 14.6. The summed E-state index contributed by atoms with van der Waals surface area (Å²) in [6.07, 6.45) is 4.19. The minimum atomic E-state index is -1.58. The van der Waals surface area contributed by atoms with Gasteiger partial charge in [0.1, 0.15) is 22.6 Å². The van der Waals surface area contributed by atoms with E-state index in [0.717, 1.165) is 43.0 Å². The first-order valence-corrected chi connectivity index (χ1v) is 13.5. The molecule has 1 aliphatic heterocycles. The van der Waals surface area contributed by atoms with Gasteiger partial charge in [-0.15, -0.1) is 11.3 Å². The number of rotatable bonds is 8. The summed E-state index contributed by atoms with van der Waals surface area (Å²) in [6, 6.07) is 10.0. The molecule has 0 radical (unpaired) electrons. The number of ether oxygens (including phenoxy) is 1. The molecule has 1 saturated heterocycles. The normalized spacial score (nSPS) is 15.7. The first-order valence-electron chi connectivity index (χ1n) is 11.4. The smallest absolute Gasteiger partial charge is 0.187 e. The van der Waals surface area contributed by atoms with E-state index < -0.39 is 11.0 Å². The maximum Gasteiger partial charge on any atom is 0.187 e.